The number of H-pyrrole nitrogens is 1. The standard InChI is InChI=1S/C15H14N2O2.ClH/c1-10-3-2-4-15(12(10)8-18)19-11-5-6-13-14(7-11)17-9-16-13;/h2-7,9,18H,8H2,1H3,(H,16,17);1H. The molecule has 0 atom stereocenters. The van der Waals surface area contributed by atoms with Crippen molar-refractivity contribution in [3.05, 3.63) is 53.9 Å². The highest BCUT2D eigenvalue weighted by Gasteiger charge is 2.07. The molecule has 0 amide bonds. The largest absolute Gasteiger partial charge is 0.457 e. The minimum atomic E-state index is -0.0334. The van der Waals surface area contributed by atoms with Crippen LogP contribution in [0.15, 0.2) is 42.7 Å². The van der Waals surface area contributed by atoms with Crippen molar-refractivity contribution in [3.8, 4) is 11.5 Å². The second-order valence-electron chi connectivity index (χ2n) is 4.39. The quantitative estimate of drug-likeness (QED) is 0.775. The highest BCUT2D eigenvalue weighted by molar-refractivity contribution is 5.85. The lowest BCUT2D eigenvalue weighted by Gasteiger charge is -2.11. The van der Waals surface area contributed by atoms with Crippen LogP contribution in [0, 0.1) is 6.92 Å². The normalized spacial score (nSPS) is 10.3. The van der Waals surface area contributed by atoms with Crippen LogP contribution in [0.3, 0.4) is 0 Å². The van der Waals surface area contributed by atoms with Gasteiger partial charge in [-0.25, -0.2) is 4.98 Å². The number of nitrogens with zero attached hydrogens (tertiary/aromatic N) is 1. The molecule has 0 radical (unpaired) electrons. The Bertz CT molecular complexity index is 725. The molecule has 5 heteroatoms. The summed E-state index contributed by atoms with van der Waals surface area (Å²) < 4.78 is 5.85. The Morgan fingerprint density at radius 1 is 1.25 bits per heavy atom. The number of fused-ring (bicyclic) bond motifs is 1. The second kappa shape index (κ2) is 5.94. The summed E-state index contributed by atoms with van der Waals surface area (Å²) in [5.41, 5.74) is 3.66. The molecule has 0 unspecified atom stereocenters. The topological polar surface area (TPSA) is 58.1 Å². The number of aromatic nitrogens is 2. The van der Waals surface area contributed by atoms with Crippen molar-refractivity contribution in [3.63, 3.8) is 0 Å². The molecule has 0 aliphatic carbocycles. The zero-order valence-corrected chi connectivity index (χ0v) is 11.8. The van der Waals surface area contributed by atoms with Crippen molar-refractivity contribution in [1.29, 1.82) is 0 Å². The molecule has 3 rings (SSSR count). The van der Waals surface area contributed by atoms with Crippen LogP contribution in [0.5, 0.6) is 11.5 Å². The number of imidazole rings is 1. The first-order chi connectivity index (χ1) is 9.28. The van der Waals surface area contributed by atoms with Gasteiger partial charge in [-0.2, -0.15) is 0 Å². The van der Waals surface area contributed by atoms with Gasteiger partial charge in [0.25, 0.3) is 0 Å². The fraction of sp³-hybridized carbons (Fsp3) is 0.133. The Labute approximate surface area is 122 Å². The third-order valence-electron chi connectivity index (χ3n) is 3.14. The van der Waals surface area contributed by atoms with Crippen LogP contribution < -0.4 is 4.74 Å². The Balaban J connectivity index is 0.00000147. The fourth-order valence-electron chi connectivity index (χ4n) is 2.08. The molecule has 1 heterocycles. The van der Waals surface area contributed by atoms with E-state index in [9.17, 15) is 5.11 Å². The average Bonchev–Trinajstić information content (AvgIpc) is 2.86. The molecule has 3 aromatic rings. The summed E-state index contributed by atoms with van der Waals surface area (Å²) in [4.78, 5) is 7.21. The minimum Gasteiger partial charge on any atom is -0.457 e. The summed E-state index contributed by atoms with van der Waals surface area (Å²) >= 11 is 0. The Morgan fingerprint density at radius 2 is 2.10 bits per heavy atom. The van der Waals surface area contributed by atoms with Crippen LogP contribution >= 0.6 is 12.4 Å². The number of aliphatic hydroxyl groups excluding tert-OH is 1. The zero-order valence-electron chi connectivity index (χ0n) is 11.0. The number of hydrogen-bond donors (Lipinski definition) is 2. The van der Waals surface area contributed by atoms with Crippen LogP contribution in [0.4, 0.5) is 0 Å². The molecule has 0 saturated carbocycles. The van der Waals surface area contributed by atoms with E-state index in [1.54, 1.807) is 6.33 Å². The predicted molar refractivity (Wildman–Crippen MR) is 80.5 cm³/mol. The van der Waals surface area contributed by atoms with Gasteiger partial charge >= 0.3 is 0 Å². The van der Waals surface area contributed by atoms with E-state index in [4.69, 9.17) is 4.74 Å². The molecule has 20 heavy (non-hydrogen) atoms. The summed E-state index contributed by atoms with van der Waals surface area (Å²) in [7, 11) is 0. The Hall–Kier alpha value is -2.04. The average molecular weight is 291 g/mol. The highest BCUT2D eigenvalue weighted by Crippen LogP contribution is 2.28. The first kappa shape index (κ1) is 14.4. The first-order valence-electron chi connectivity index (χ1n) is 6.08. The van der Waals surface area contributed by atoms with Crippen molar-refractivity contribution in [2.24, 2.45) is 0 Å². The van der Waals surface area contributed by atoms with Gasteiger partial charge in [0.1, 0.15) is 11.5 Å². The molecule has 0 saturated heterocycles. The van der Waals surface area contributed by atoms with Crippen LogP contribution in [-0.2, 0) is 6.61 Å². The van der Waals surface area contributed by atoms with Crippen molar-refractivity contribution >= 4 is 23.4 Å². The van der Waals surface area contributed by atoms with Gasteiger partial charge in [-0.1, -0.05) is 12.1 Å². The van der Waals surface area contributed by atoms with Crippen molar-refractivity contribution in [2.75, 3.05) is 0 Å². The van der Waals surface area contributed by atoms with E-state index < -0.39 is 0 Å². The van der Waals surface area contributed by atoms with Crippen LogP contribution in [0.2, 0.25) is 0 Å². The van der Waals surface area contributed by atoms with Gasteiger partial charge < -0.3 is 14.8 Å². The molecule has 0 aliphatic heterocycles. The number of halogens is 1. The monoisotopic (exact) mass is 290 g/mol. The molecule has 2 N–H and O–H groups in total. The molecule has 4 nitrogen and oxygen atoms in total. The lowest BCUT2D eigenvalue weighted by Crippen LogP contribution is -1.94. The minimum absolute atomic E-state index is 0. The zero-order chi connectivity index (χ0) is 13.2. The number of rotatable bonds is 3. The molecule has 2 aromatic carbocycles. The lowest BCUT2D eigenvalue weighted by atomic mass is 10.1. The maximum Gasteiger partial charge on any atom is 0.133 e. The Morgan fingerprint density at radius 3 is 2.90 bits per heavy atom. The number of benzene rings is 2. The van der Waals surface area contributed by atoms with E-state index in [0.717, 1.165) is 27.9 Å². The molecule has 0 spiro atoms. The van der Waals surface area contributed by atoms with Crippen LogP contribution in [0.1, 0.15) is 11.1 Å². The summed E-state index contributed by atoms with van der Waals surface area (Å²) in [5, 5.41) is 9.42. The van der Waals surface area contributed by atoms with Crippen molar-refractivity contribution in [2.45, 2.75) is 13.5 Å². The van der Waals surface area contributed by atoms with E-state index in [1.165, 1.54) is 0 Å². The summed E-state index contributed by atoms with van der Waals surface area (Å²) in [6.07, 6.45) is 1.65. The van der Waals surface area contributed by atoms with Gasteiger partial charge in [-0.3, -0.25) is 0 Å². The lowest BCUT2D eigenvalue weighted by molar-refractivity contribution is 0.275. The van der Waals surface area contributed by atoms with Crippen molar-refractivity contribution in [1.82, 2.24) is 9.97 Å². The van der Waals surface area contributed by atoms with Gasteiger partial charge in [-0.05, 0) is 30.7 Å². The van der Waals surface area contributed by atoms with E-state index in [1.807, 2.05) is 43.3 Å². The van der Waals surface area contributed by atoms with Crippen LogP contribution in [0.25, 0.3) is 11.0 Å². The number of ether oxygens (including phenoxy) is 1. The van der Waals surface area contributed by atoms with Crippen molar-refractivity contribution < 1.29 is 9.84 Å². The Kier molecular flexibility index (Phi) is 4.27. The molecule has 0 fully saturated rings. The predicted octanol–water partition coefficient (Wildman–Crippen LogP) is 3.58. The van der Waals surface area contributed by atoms with Crippen LogP contribution in [-0.4, -0.2) is 15.1 Å². The smallest absolute Gasteiger partial charge is 0.133 e. The van der Waals surface area contributed by atoms with E-state index >= 15 is 0 Å². The van der Waals surface area contributed by atoms with Gasteiger partial charge in [0.15, 0.2) is 0 Å². The first-order valence-corrected chi connectivity index (χ1v) is 6.08. The molecule has 1 aromatic heterocycles. The van der Waals surface area contributed by atoms with Gasteiger partial charge in [-0.15, -0.1) is 12.4 Å². The molecule has 0 bridgehead atoms. The summed E-state index contributed by atoms with van der Waals surface area (Å²) in [5.74, 6) is 1.40. The summed E-state index contributed by atoms with van der Waals surface area (Å²) in [6, 6.07) is 11.4. The molecule has 104 valence electrons. The number of aromatic amines is 1. The van der Waals surface area contributed by atoms with E-state index in [-0.39, 0.29) is 19.0 Å². The third kappa shape index (κ3) is 2.61. The van der Waals surface area contributed by atoms with Gasteiger partial charge in [0, 0.05) is 11.6 Å². The molecular formula is C15H15ClN2O2. The second-order valence-corrected chi connectivity index (χ2v) is 4.39. The SMILES string of the molecule is Cc1cccc(Oc2ccc3nc[nH]c3c2)c1CO.Cl. The number of hydrogen-bond acceptors (Lipinski definition) is 3. The number of aryl methyl sites for hydroxylation is 1. The maximum atomic E-state index is 9.42. The fourth-order valence-corrected chi connectivity index (χ4v) is 2.08. The third-order valence-corrected chi connectivity index (χ3v) is 3.14. The maximum absolute atomic E-state index is 9.42. The van der Waals surface area contributed by atoms with Gasteiger partial charge in [0.2, 0.25) is 0 Å². The molecule has 0 aliphatic rings. The van der Waals surface area contributed by atoms with Gasteiger partial charge in [0.05, 0.1) is 24.0 Å². The van der Waals surface area contributed by atoms with E-state index in [0.29, 0.717) is 5.75 Å². The highest BCUT2D eigenvalue weighted by atomic mass is 35.5. The van der Waals surface area contributed by atoms with E-state index in [2.05, 4.69) is 9.97 Å². The summed E-state index contributed by atoms with van der Waals surface area (Å²) in [6.45, 7) is 1.92. The number of nitrogens with one attached hydrogen (secondary N) is 1. The molecular weight excluding hydrogens is 276 g/mol. The number of aliphatic hydroxyl groups is 1.